The van der Waals surface area contributed by atoms with E-state index in [-0.39, 0.29) is 11.2 Å². The van der Waals surface area contributed by atoms with E-state index in [1.807, 2.05) is 13.8 Å². The summed E-state index contributed by atoms with van der Waals surface area (Å²) < 4.78 is 1.31. The predicted molar refractivity (Wildman–Crippen MR) is 39.6 cm³/mol. The Morgan fingerprint density at radius 3 is 2.12 bits per heavy atom. The van der Waals surface area contributed by atoms with Crippen molar-refractivity contribution in [3.63, 3.8) is 0 Å². The molecule has 8 heavy (non-hydrogen) atoms. The standard InChI is InChI=1S/C4H9ClN2S/c1-3(2)7(5)4(6)8/h3H,1-2H3,(H2,6,8). The van der Waals surface area contributed by atoms with Crippen molar-refractivity contribution in [2.45, 2.75) is 19.9 Å². The van der Waals surface area contributed by atoms with Gasteiger partial charge in [0.2, 0.25) is 0 Å². The van der Waals surface area contributed by atoms with E-state index in [0.29, 0.717) is 0 Å². The molecular formula is C4H9ClN2S. The van der Waals surface area contributed by atoms with Gasteiger partial charge in [-0.15, -0.1) is 0 Å². The minimum atomic E-state index is 0.175. The topological polar surface area (TPSA) is 29.3 Å². The van der Waals surface area contributed by atoms with E-state index < -0.39 is 0 Å². The quantitative estimate of drug-likeness (QED) is 0.451. The third kappa shape index (κ3) is 2.33. The van der Waals surface area contributed by atoms with E-state index in [0.717, 1.165) is 0 Å². The van der Waals surface area contributed by atoms with E-state index in [1.54, 1.807) is 0 Å². The number of rotatable bonds is 1. The van der Waals surface area contributed by atoms with Gasteiger partial charge in [0.25, 0.3) is 0 Å². The van der Waals surface area contributed by atoms with Gasteiger partial charge in [-0.25, -0.2) is 0 Å². The molecule has 2 N–H and O–H groups in total. The second-order valence-corrected chi connectivity index (χ2v) is 2.53. The lowest BCUT2D eigenvalue weighted by Gasteiger charge is -2.16. The summed E-state index contributed by atoms with van der Waals surface area (Å²) in [6, 6.07) is 0.175. The van der Waals surface area contributed by atoms with Gasteiger partial charge in [0.05, 0.1) is 0 Å². The van der Waals surface area contributed by atoms with Crippen molar-refractivity contribution in [3.05, 3.63) is 0 Å². The van der Waals surface area contributed by atoms with Gasteiger partial charge in [-0.3, -0.25) is 4.42 Å². The van der Waals surface area contributed by atoms with Crippen LogP contribution in [0.4, 0.5) is 0 Å². The van der Waals surface area contributed by atoms with Crippen LogP contribution >= 0.6 is 24.0 Å². The van der Waals surface area contributed by atoms with Crippen LogP contribution in [-0.2, 0) is 0 Å². The van der Waals surface area contributed by atoms with Crippen LogP contribution in [0.1, 0.15) is 13.8 Å². The Morgan fingerprint density at radius 2 is 2.12 bits per heavy atom. The van der Waals surface area contributed by atoms with Crippen molar-refractivity contribution in [2.75, 3.05) is 0 Å². The minimum Gasteiger partial charge on any atom is -0.375 e. The van der Waals surface area contributed by atoms with Gasteiger partial charge in [-0.2, -0.15) is 0 Å². The van der Waals surface area contributed by atoms with Crippen LogP contribution in [0.3, 0.4) is 0 Å². The SMILES string of the molecule is CC(C)N(Cl)C(N)=S. The molecule has 0 aromatic carbocycles. The Balaban J connectivity index is 3.64. The molecule has 0 aromatic heterocycles. The molecule has 0 aromatic rings. The third-order valence-electron chi connectivity index (χ3n) is 0.664. The average molecular weight is 153 g/mol. The molecule has 0 radical (unpaired) electrons. The highest BCUT2D eigenvalue weighted by molar-refractivity contribution is 7.80. The zero-order valence-electron chi connectivity index (χ0n) is 4.89. The average Bonchev–Trinajstić information content (AvgIpc) is 1.64. The molecule has 0 aliphatic rings. The molecule has 2 nitrogen and oxygen atoms in total. The van der Waals surface area contributed by atoms with E-state index >= 15 is 0 Å². The number of hydrogen-bond donors (Lipinski definition) is 1. The van der Waals surface area contributed by atoms with E-state index in [1.165, 1.54) is 4.42 Å². The first-order valence-electron chi connectivity index (χ1n) is 2.30. The lowest BCUT2D eigenvalue weighted by Crippen LogP contribution is -2.32. The van der Waals surface area contributed by atoms with Crippen LogP contribution < -0.4 is 5.73 Å². The predicted octanol–water partition coefficient (Wildman–Crippen LogP) is 1.09. The molecule has 0 atom stereocenters. The molecule has 0 saturated carbocycles. The minimum absolute atomic E-state index is 0.175. The summed E-state index contributed by atoms with van der Waals surface area (Å²) in [4.78, 5) is 0. The van der Waals surface area contributed by atoms with Gasteiger partial charge in [-0.1, -0.05) is 0 Å². The molecule has 0 aliphatic heterocycles. The number of nitrogens with zero attached hydrogens (tertiary/aromatic N) is 1. The van der Waals surface area contributed by atoms with Crippen molar-refractivity contribution in [2.24, 2.45) is 5.73 Å². The molecule has 0 unspecified atom stereocenters. The molecule has 0 fully saturated rings. The van der Waals surface area contributed by atoms with E-state index in [4.69, 9.17) is 17.5 Å². The van der Waals surface area contributed by atoms with Crippen LogP contribution in [0.5, 0.6) is 0 Å². The Bertz CT molecular complexity index is 94.0. The molecule has 0 saturated heterocycles. The summed E-state index contributed by atoms with van der Waals surface area (Å²) in [6.07, 6.45) is 0. The summed E-state index contributed by atoms with van der Waals surface area (Å²) >= 11 is 10.1. The fourth-order valence-corrected chi connectivity index (χ4v) is 0.465. The van der Waals surface area contributed by atoms with Crippen LogP contribution in [0, 0.1) is 0 Å². The van der Waals surface area contributed by atoms with Crippen LogP contribution in [0.15, 0.2) is 0 Å². The largest absolute Gasteiger partial charge is 0.375 e. The van der Waals surface area contributed by atoms with E-state index in [9.17, 15) is 0 Å². The van der Waals surface area contributed by atoms with Crippen molar-refractivity contribution in [1.82, 2.24) is 4.42 Å². The Labute approximate surface area is 59.7 Å². The summed E-state index contributed by atoms with van der Waals surface area (Å²) in [5, 5.41) is 0.224. The van der Waals surface area contributed by atoms with Gasteiger partial charge in [-0.05, 0) is 26.1 Å². The number of hydrogen-bond acceptors (Lipinski definition) is 1. The highest BCUT2D eigenvalue weighted by atomic mass is 35.5. The number of thiocarbonyl (C=S) groups is 1. The van der Waals surface area contributed by atoms with Gasteiger partial charge < -0.3 is 5.73 Å². The Morgan fingerprint density at radius 1 is 1.75 bits per heavy atom. The molecule has 0 rings (SSSR count). The highest BCUT2D eigenvalue weighted by Crippen LogP contribution is 1.99. The number of nitrogens with two attached hydrogens (primary N) is 1. The van der Waals surface area contributed by atoms with Crippen molar-refractivity contribution in [1.29, 1.82) is 0 Å². The molecule has 0 aliphatic carbocycles. The van der Waals surface area contributed by atoms with Gasteiger partial charge in [0.1, 0.15) is 0 Å². The summed E-state index contributed by atoms with van der Waals surface area (Å²) in [6.45, 7) is 3.82. The smallest absolute Gasteiger partial charge is 0.181 e. The molecule has 0 spiro atoms. The maximum absolute atomic E-state index is 5.52. The number of halogens is 1. The fraction of sp³-hybridized carbons (Fsp3) is 0.750. The lowest BCUT2D eigenvalue weighted by atomic mass is 10.4. The summed E-state index contributed by atoms with van der Waals surface area (Å²) in [5.74, 6) is 0. The summed E-state index contributed by atoms with van der Waals surface area (Å²) in [5.41, 5.74) is 5.16. The normalized spacial score (nSPS) is 9.50. The zero-order valence-corrected chi connectivity index (χ0v) is 6.46. The van der Waals surface area contributed by atoms with Crippen molar-refractivity contribution < 1.29 is 0 Å². The van der Waals surface area contributed by atoms with Crippen molar-refractivity contribution in [3.8, 4) is 0 Å². The van der Waals surface area contributed by atoms with Gasteiger partial charge in [0, 0.05) is 17.8 Å². The second kappa shape index (κ2) is 3.10. The van der Waals surface area contributed by atoms with E-state index in [2.05, 4.69) is 12.2 Å². The lowest BCUT2D eigenvalue weighted by molar-refractivity contribution is 0.539. The maximum atomic E-state index is 5.52. The first kappa shape index (κ1) is 7.98. The van der Waals surface area contributed by atoms with Crippen molar-refractivity contribution >= 4 is 29.1 Å². The first-order valence-corrected chi connectivity index (χ1v) is 3.04. The third-order valence-corrected chi connectivity index (χ3v) is 1.53. The molecular weight excluding hydrogens is 144 g/mol. The molecule has 0 bridgehead atoms. The molecule has 0 amide bonds. The monoisotopic (exact) mass is 152 g/mol. The first-order chi connectivity index (χ1) is 3.55. The molecule has 4 heteroatoms. The van der Waals surface area contributed by atoms with Crippen LogP contribution in [0.2, 0.25) is 0 Å². The van der Waals surface area contributed by atoms with Gasteiger partial charge >= 0.3 is 0 Å². The van der Waals surface area contributed by atoms with Crippen LogP contribution in [-0.4, -0.2) is 15.6 Å². The second-order valence-electron chi connectivity index (χ2n) is 1.74. The van der Waals surface area contributed by atoms with Gasteiger partial charge in [0.15, 0.2) is 5.11 Å². The Hall–Kier alpha value is -0.0200. The fourth-order valence-electron chi connectivity index (χ4n) is 0.254. The maximum Gasteiger partial charge on any atom is 0.181 e. The highest BCUT2D eigenvalue weighted by Gasteiger charge is 2.04. The molecule has 0 heterocycles. The summed E-state index contributed by atoms with van der Waals surface area (Å²) in [7, 11) is 0. The Kier molecular flexibility index (Phi) is 3.09. The van der Waals surface area contributed by atoms with Crippen LogP contribution in [0.25, 0.3) is 0 Å². The molecule has 48 valence electrons. The zero-order chi connectivity index (χ0) is 6.73.